The quantitative estimate of drug-likeness (QED) is 0.748. The van der Waals surface area contributed by atoms with Gasteiger partial charge >= 0.3 is 0 Å². The molecule has 2 rings (SSSR count). The zero-order chi connectivity index (χ0) is 12.6. The lowest BCUT2D eigenvalue weighted by Gasteiger charge is -2.36. The van der Waals surface area contributed by atoms with Gasteiger partial charge in [0.2, 0.25) is 0 Å². The standard InChI is InChI=1S/C11H20N4OS/c1-8-6-16-9(2)5-14(8)7-15-11(17)13(4)10(3)12-15/h8-9H,5-7H2,1-4H3/t8-,9-/m0/s1. The Balaban J connectivity index is 2.14. The van der Waals surface area contributed by atoms with Gasteiger partial charge < -0.3 is 9.30 Å². The van der Waals surface area contributed by atoms with E-state index in [0.717, 1.165) is 30.4 Å². The predicted octanol–water partition coefficient (Wildman–Crippen LogP) is 1.33. The number of aryl methyl sites for hydroxylation is 1. The van der Waals surface area contributed by atoms with Crippen molar-refractivity contribution in [2.75, 3.05) is 13.2 Å². The summed E-state index contributed by atoms with van der Waals surface area (Å²) >= 11 is 5.36. The highest BCUT2D eigenvalue weighted by Crippen LogP contribution is 2.12. The molecule has 1 aromatic rings. The Kier molecular flexibility index (Phi) is 3.65. The van der Waals surface area contributed by atoms with Gasteiger partial charge in [-0.05, 0) is 33.0 Å². The normalized spacial score (nSPS) is 26.4. The van der Waals surface area contributed by atoms with Crippen LogP contribution in [-0.4, -0.2) is 44.5 Å². The van der Waals surface area contributed by atoms with Crippen molar-refractivity contribution in [3.8, 4) is 0 Å². The predicted molar refractivity (Wildman–Crippen MR) is 68.4 cm³/mol. The van der Waals surface area contributed by atoms with Crippen LogP contribution in [-0.2, 0) is 18.5 Å². The topological polar surface area (TPSA) is 35.2 Å². The highest BCUT2D eigenvalue weighted by Gasteiger charge is 2.24. The molecule has 5 nitrogen and oxygen atoms in total. The van der Waals surface area contributed by atoms with E-state index in [-0.39, 0.29) is 6.10 Å². The van der Waals surface area contributed by atoms with Gasteiger partial charge in [-0.15, -0.1) is 0 Å². The summed E-state index contributed by atoms with van der Waals surface area (Å²) < 4.78 is 10.2. The Bertz CT molecular complexity index is 453. The number of nitrogens with zero attached hydrogens (tertiary/aromatic N) is 4. The lowest BCUT2D eigenvalue weighted by Crippen LogP contribution is -2.47. The number of ether oxygens (including phenoxy) is 1. The second-order valence-electron chi connectivity index (χ2n) is 4.79. The monoisotopic (exact) mass is 256 g/mol. The minimum atomic E-state index is 0.283. The van der Waals surface area contributed by atoms with Crippen molar-refractivity contribution in [3.05, 3.63) is 10.6 Å². The highest BCUT2D eigenvalue weighted by atomic mass is 32.1. The summed E-state index contributed by atoms with van der Waals surface area (Å²) in [5.41, 5.74) is 0. The largest absolute Gasteiger partial charge is 0.376 e. The van der Waals surface area contributed by atoms with Crippen LogP contribution in [0.1, 0.15) is 19.7 Å². The van der Waals surface area contributed by atoms with Gasteiger partial charge in [-0.1, -0.05) is 0 Å². The highest BCUT2D eigenvalue weighted by molar-refractivity contribution is 7.71. The molecule has 2 atom stereocenters. The minimum Gasteiger partial charge on any atom is -0.376 e. The Morgan fingerprint density at radius 1 is 1.47 bits per heavy atom. The van der Waals surface area contributed by atoms with E-state index in [4.69, 9.17) is 17.0 Å². The van der Waals surface area contributed by atoms with Gasteiger partial charge in [0.05, 0.1) is 19.4 Å². The van der Waals surface area contributed by atoms with Gasteiger partial charge in [-0.25, -0.2) is 4.68 Å². The number of morpholine rings is 1. The summed E-state index contributed by atoms with van der Waals surface area (Å²) in [6.07, 6.45) is 0.283. The Morgan fingerprint density at radius 2 is 2.18 bits per heavy atom. The first-order chi connectivity index (χ1) is 7.99. The first kappa shape index (κ1) is 12.7. The zero-order valence-electron chi connectivity index (χ0n) is 10.9. The number of rotatable bonds is 2. The van der Waals surface area contributed by atoms with Crippen molar-refractivity contribution >= 4 is 12.2 Å². The molecule has 1 aromatic heterocycles. The fourth-order valence-electron chi connectivity index (χ4n) is 2.03. The van der Waals surface area contributed by atoms with Gasteiger partial charge in [0, 0.05) is 19.6 Å². The molecule has 0 N–H and O–H groups in total. The van der Waals surface area contributed by atoms with Crippen LogP contribution in [0.3, 0.4) is 0 Å². The first-order valence-electron chi connectivity index (χ1n) is 5.95. The van der Waals surface area contributed by atoms with E-state index in [9.17, 15) is 0 Å². The van der Waals surface area contributed by atoms with Crippen molar-refractivity contribution in [1.29, 1.82) is 0 Å². The molecule has 0 amide bonds. The molecule has 1 aliphatic heterocycles. The summed E-state index contributed by atoms with van der Waals surface area (Å²) in [7, 11) is 1.95. The average molecular weight is 256 g/mol. The third-order valence-corrected chi connectivity index (χ3v) is 3.80. The molecule has 1 saturated heterocycles. The van der Waals surface area contributed by atoms with Crippen LogP contribution in [0.15, 0.2) is 0 Å². The van der Waals surface area contributed by atoms with E-state index in [0.29, 0.717) is 6.04 Å². The van der Waals surface area contributed by atoms with Crippen molar-refractivity contribution in [1.82, 2.24) is 19.2 Å². The van der Waals surface area contributed by atoms with E-state index in [1.165, 1.54) is 0 Å². The van der Waals surface area contributed by atoms with Gasteiger partial charge in [0.15, 0.2) is 4.77 Å². The fourth-order valence-corrected chi connectivity index (χ4v) is 2.26. The molecule has 6 heteroatoms. The maximum absolute atomic E-state index is 5.61. The summed E-state index contributed by atoms with van der Waals surface area (Å²) in [6, 6.07) is 0.412. The molecule has 96 valence electrons. The van der Waals surface area contributed by atoms with Crippen LogP contribution < -0.4 is 0 Å². The molecule has 0 aliphatic carbocycles. The van der Waals surface area contributed by atoms with Gasteiger partial charge in [0.25, 0.3) is 0 Å². The summed E-state index contributed by atoms with van der Waals surface area (Å²) in [4.78, 5) is 2.36. The van der Waals surface area contributed by atoms with E-state index in [1.54, 1.807) is 0 Å². The Morgan fingerprint density at radius 3 is 2.76 bits per heavy atom. The van der Waals surface area contributed by atoms with Crippen LogP contribution in [0.5, 0.6) is 0 Å². The molecule has 0 radical (unpaired) electrons. The summed E-state index contributed by atoms with van der Waals surface area (Å²) in [6.45, 7) is 8.69. The number of hydrogen-bond acceptors (Lipinski definition) is 4. The number of aromatic nitrogens is 3. The van der Waals surface area contributed by atoms with Crippen LogP contribution in [0.2, 0.25) is 0 Å². The van der Waals surface area contributed by atoms with E-state index >= 15 is 0 Å². The Hall–Kier alpha value is -0.720. The van der Waals surface area contributed by atoms with Crippen molar-refractivity contribution < 1.29 is 4.74 Å². The molecule has 2 heterocycles. The molecule has 0 spiro atoms. The van der Waals surface area contributed by atoms with Crippen LogP contribution in [0.4, 0.5) is 0 Å². The molecule has 0 unspecified atom stereocenters. The summed E-state index contributed by atoms with van der Waals surface area (Å²) in [5.74, 6) is 0.948. The second kappa shape index (κ2) is 4.88. The van der Waals surface area contributed by atoms with Crippen LogP contribution >= 0.6 is 12.2 Å². The lowest BCUT2D eigenvalue weighted by molar-refractivity contribution is -0.0625. The van der Waals surface area contributed by atoms with Gasteiger partial charge in [0.1, 0.15) is 5.82 Å². The summed E-state index contributed by atoms with van der Waals surface area (Å²) in [5, 5.41) is 4.46. The SMILES string of the molecule is Cc1nn(CN2C[C@H](C)OC[C@@H]2C)c(=S)n1C. The number of hydrogen-bond donors (Lipinski definition) is 0. The van der Waals surface area contributed by atoms with E-state index in [1.807, 2.05) is 23.2 Å². The van der Waals surface area contributed by atoms with Crippen molar-refractivity contribution in [2.24, 2.45) is 7.05 Å². The molecular formula is C11H20N4OS. The smallest absolute Gasteiger partial charge is 0.198 e. The van der Waals surface area contributed by atoms with Crippen molar-refractivity contribution in [3.63, 3.8) is 0 Å². The first-order valence-corrected chi connectivity index (χ1v) is 6.36. The molecule has 17 heavy (non-hydrogen) atoms. The second-order valence-corrected chi connectivity index (χ2v) is 5.16. The molecule has 1 fully saturated rings. The molecule has 1 aliphatic rings. The average Bonchev–Trinajstić information content (AvgIpc) is 2.52. The fraction of sp³-hybridized carbons (Fsp3) is 0.818. The Labute approximate surface area is 107 Å². The van der Waals surface area contributed by atoms with Crippen molar-refractivity contribution in [2.45, 2.75) is 39.6 Å². The third-order valence-electron chi connectivity index (χ3n) is 3.31. The van der Waals surface area contributed by atoms with Gasteiger partial charge in [-0.2, -0.15) is 5.10 Å². The van der Waals surface area contributed by atoms with Gasteiger partial charge in [-0.3, -0.25) is 4.90 Å². The molecule has 0 aromatic carbocycles. The van der Waals surface area contributed by atoms with Crippen LogP contribution in [0, 0.1) is 11.7 Å². The minimum absolute atomic E-state index is 0.283. The molecular weight excluding hydrogens is 236 g/mol. The van der Waals surface area contributed by atoms with Crippen LogP contribution in [0.25, 0.3) is 0 Å². The zero-order valence-corrected chi connectivity index (χ0v) is 11.7. The maximum atomic E-state index is 5.61. The van der Waals surface area contributed by atoms with E-state index in [2.05, 4.69) is 23.8 Å². The van der Waals surface area contributed by atoms with E-state index < -0.39 is 0 Å². The lowest BCUT2D eigenvalue weighted by atomic mass is 10.2. The maximum Gasteiger partial charge on any atom is 0.198 e. The molecule has 0 bridgehead atoms. The molecule has 0 saturated carbocycles. The third kappa shape index (κ3) is 2.59.